The summed E-state index contributed by atoms with van der Waals surface area (Å²) in [6.45, 7) is 8.69. The van der Waals surface area contributed by atoms with Crippen LogP contribution in [0.2, 0.25) is 0 Å². The van der Waals surface area contributed by atoms with Gasteiger partial charge in [-0.05, 0) is 24.3 Å². The summed E-state index contributed by atoms with van der Waals surface area (Å²) in [6, 6.07) is 1.28. The number of rotatable bonds is 3. The topological polar surface area (TPSA) is 30.3 Å². The minimum absolute atomic E-state index is 0.575. The van der Waals surface area contributed by atoms with Crippen molar-refractivity contribution in [3.05, 3.63) is 18.0 Å². The lowest BCUT2D eigenvalue weighted by molar-refractivity contribution is -0.0734. The smallest absolute Gasteiger partial charge is 0.0645 e. The van der Waals surface area contributed by atoms with E-state index in [1.165, 1.54) is 31.5 Å². The van der Waals surface area contributed by atoms with Crippen LogP contribution in [0, 0.1) is 0 Å². The Bertz CT molecular complexity index is 389. The van der Waals surface area contributed by atoms with Gasteiger partial charge in [0.05, 0.1) is 31.5 Å². The predicted molar refractivity (Wildman–Crippen MR) is 70.8 cm³/mol. The van der Waals surface area contributed by atoms with Crippen molar-refractivity contribution >= 4 is 0 Å². The number of aromatic nitrogens is 2. The van der Waals surface area contributed by atoms with Gasteiger partial charge in [-0.25, -0.2) is 0 Å². The van der Waals surface area contributed by atoms with Crippen molar-refractivity contribution in [3.8, 4) is 0 Å². The summed E-state index contributed by atoms with van der Waals surface area (Å²) in [5, 5.41) is 4.54. The molecule has 2 aliphatic heterocycles. The maximum atomic E-state index is 5.27. The summed E-state index contributed by atoms with van der Waals surface area (Å²) >= 11 is 0. The lowest BCUT2D eigenvalue weighted by Crippen LogP contribution is -2.51. The molecule has 3 rings (SSSR count). The zero-order chi connectivity index (χ0) is 12.5. The monoisotopic (exact) mass is 249 g/mol. The Morgan fingerprint density at radius 2 is 1.94 bits per heavy atom. The molecule has 0 saturated carbocycles. The third-order valence-corrected chi connectivity index (χ3v) is 4.30. The molecule has 0 aliphatic carbocycles. The standard InChI is InChI=1S/C14H23N3O/c1-11(2)12-7-15-17(8-12)13-3-5-16(6-4-13)14-9-18-10-14/h7-8,11,13-14H,3-6,9-10H2,1-2H3. The molecular formula is C14H23N3O. The largest absolute Gasteiger partial charge is 0.378 e. The summed E-state index contributed by atoms with van der Waals surface area (Å²) in [5.74, 6) is 0.575. The van der Waals surface area contributed by atoms with E-state index in [1.807, 2.05) is 6.20 Å². The number of nitrogens with zero attached hydrogens (tertiary/aromatic N) is 3. The number of hydrogen-bond donors (Lipinski definition) is 0. The van der Waals surface area contributed by atoms with Crippen molar-refractivity contribution in [3.63, 3.8) is 0 Å². The van der Waals surface area contributed by atoms with E-state index >= 15 is 0 Å². The van der Waals surface area contributed by atoms with Crippen LogP contribution < -0.4 is 0 Å². The first-order valence-corrected chi connectivity index (χ1v) is 7.10. The summed E-state index contributed by atoms with van der Waals surface area (Å²) in [4.78, 5) is 2.58. The molecule has 4 nitrogen and oxygen atoms in total. The lowest BCUT2D eigenvalue weighted by Gasteiger charge is -2.41. The highest BCUT2D eigenvalue weighted by atomic mass is 16.5. The first-order valence-electron chi connectivity index (χ1n) is 7.10. The fourth-order valence-electron chi connectivity index (χ4n) is 2.80. The number of ether oxygens (including phenoxy) is 1. The summed E-state index contributed by atoms with van der Waals surface area (Å²) in [6.07, 6.45) is 6.69. The van der Waals surface area contributed by atoms with Gasteiger partial charge < -0.3 is 4.74 Å². The molecule has 2 saturated heterocycles. The molecule has 3 heterocycles. The van der Waals surface area contributed by atoms with Crippen LogP contribution in [0.5, 0.6) is 0 Å². The molecule has 4 heteroatoms. The Hall–Kier alpha value is -0.870. The van der Waals surface area contributed by atoms with Gasteiger partial charge in [0.1, 0.15) is 0 Å². The predicted octanol–water partition coefficient (Wildman–Crippen LogP) is 2.04. The van der Waals surface area contributed by atoms with Gasteiger partial charge in [-0.1, -0.05) is 13.8 Å². The number of likely N-dealkylation sites (tertiary alicyclic amines) is 1. The second-order valence-electron chi connectivity index (χ2n) is 5.87. The van der Waals surface area contributed by atoms with Gasteiger partial charge in [0.2, 0.25) is 0 Å². The van der Waals surface area contributed by atoms with Crippen LogP contribution in [-0.2, 0) is 4.74 Å². The van der Waals surface area contributed by atoms with Gasteiger partial charge in [0, 0.05) is 19.3 Å². The first-order chi connectivity index (χ1) is 8.74. The highest BCUT2D eigenvalue weighted by molar-refractivity contribution is 5.09. The fraction of sp³-hybridized carbons (Fsp3) is 0.786. The van der Waals surface area contributed by atoms with E-state index in [0.717, 1.165) is 13.2 Å². The zero-order valence-electron chi connectivity index (χ0n) is 11.4. The van der Waals surface area contributed by atoms with E-state index in [1.54, 1.807) is 0 Å². The molecule has 1 aromatic heterocycles. The van der Waals surface area contributed by atoms with Crippen molar-refractivity contribution < 1.29 is 4.74 Å². The molecule has 0 aromatic carbocycles. The summed E-state index contributed by atoms with van der Waals surface area (Å²) in [7, 11) is 0. The molecule has 0 amide bonds. The van der Waals surface area contributed by atoms with E-state index in [-0.39, 0.29) is 0 Å². The molecule has 100 valence electrons. The number of piperidine rings is 1. The maximum absolute atomic E-state index is 5.27. The van der Waals surface area contributed by atoms with Gasteiger partial charge in [0.25, 0.3) is 0 Å². The van der Waals surface area contributed by atoms with E-state index in [4.69, 9.17) is 4.74 Å². The van der Waals surface area contributed by atoms with Crippen molar-refractivity contribution in [2.45, 2.75) is 44.7 Å². The molecule has 0 unspecified atom stereocenters. The van der Waals surface area contributed by atoms with Gasteiger partial charge in [-0.3, -0.25) is 9.58 Å². The molecule has 0 bridgehead atoms. The molecule has 2 fully saturated rings. The minimum atomic E-state index is 0.575. The van der Waals surface area contributed by atoms with Crippen LogP contribution in [0.15, 0.2) is 12.4 Å². The fourth-order valence-corrected chi connectivity index (χ4v) is 2.80. The summed E-state index contributed by atoms with van der Waals surface area (Å²) < 4.78 is 7.45. The second kappa shape index (κ2) is 5.02. The van der Waals surface area contributed by atoms with Crippen LogP contribution in [-0.4, -0.2) is 47.0 Å². The van der Waals surface area contributed by atoms with Crippen molar-refractivity contribution in [2.75, 3.05) is 26.3 Å². The lowest BCUT2D eigenvalue weighted by atomic mass is 10.0. The van der Waals surface area contributed by atoms with E-state index in [2.05, 4.69) is 34.7 Å². The summed E-state index contributed by atoms with van der Waals surface area (Å²) in [5.41, 5.74) is 1.35. The molecule has 1 aromatic rings. The van der Waals surface area contributed by atoms with Gasteiger partial charge in [-0.15, -0.1) is 0 Å². The second-order valence-corrected chi connectivity index (χ2v) is 5.87. The Kier molecular flexibility index (Phi) is 3.39. The normalized spacial score (nSPS) is 23.5. The molecular weight excluding hydrogens is 226 g/mol. The van der Waals surface area contributed by atoms with E-state index < -0.39 is 0 Å². The average Bonchev–Trinajstić information content (AvgIpc) is 2.77. The van der Waals surface area contributed by atoms with Crippen molar-refractivity contribution in [1.82, 2.24) is 14.7 Å². The number of hydrogen-bond acceptors (Lipinski definition) is 3. The van der Waals surface area contributed by atoms with Crippen molar-refractivity contribution in [1.29, 1.82) is 0 Å². The quantitative estimate of drug-likeness (QED) is 0.821. The van der Waals surface area contributed by atoms with Crippen LogP contribution in [0.1, 0.15) is 44.2 Å². The minimum Gasteiger partial charge on any atom is -0.378 e. The average molecular weight is 249 g/mol. The van der Waals surface area contributed by atoms with Gasteiger partial charge >= 0.3 is 0 Å². The van der Waals surface area contributed by atoms with E-state index in [0.29, 0.717) is 18.0 Å². The van der Waals surface area contributed by atoms with Crippen molar-refractivity contribution in [2.24, 2.45) is 0 Å². The zero-order valence-corrected chi connectivity index (χ0v) is 11.4. The first kappa shape index (κ1) is 12.2. The van der Waals surface area contributed by atoms with Crippen LogP contribution in [0.4, 0.5) is 0 Å². The SMILES string of the molecule is CC(C)c1cnn(C2CCN(C3COC3)CC2)c1. The molecule has 2 aliphatic rings. The molecule has 0 radical (unpaired) electrons. The Balaban J connectivity index is 1.57. The third-order valence-electron chi connectivity index (χ3n) is 4.30. The Morgan fingerprint density at radius 1 is 1.22 bits per heavy atom. The highest BCUT2D eigenvalue weighted by Crippen LogP contribution is 2.26. The van der Waals surface area contributed by atoms with E-state index in [9.17, 15) is 0 Å². The molecule has 0 spiro atoms. The molecule has 0 atom stereocenters. The Morgan fingerprint density at radius 3 is 2.44 bits per heavy atom. The molecule has 18 heavy (non-hydrogen) atoms. The molecule has 0 N–H and O–H groups in total. The van der Waals surface area contributed by atoms with Crippen LogP contribution >= 0.6 is 0 Å². The third kappa shape index (κ3) is 2.31. The van der Waals surface area contributed by atoms with Gasteiger partial charge in [-0.2, -0.15) is 5.10 Å². The Labute approximate surface area is 109 Å². The highest BCUT2D eigenvalue weighted by Gasteiger charge is 2.30. The van der Waals surface area contributed by atoms with Crippen LogP contribution in [0.25, 0.3) is 0 Å². The maximum Gasteiger partial charge on any atom is 0.0645 e. The van der Waals surface area contributed by atoms with Crippen LogP contribution in [0.3, 0.4) is 0 Å². The van der Waals surface area contributed by atoms with Gasteiger partial charge in [0.15, 0.2) is 0 Å².